The zero-order valence-electron chi connectivity index (χ0n) is 8.04. The van der Waals surface area contributed by atoms with Crippen LogP contribution >= 0.6 is 0 Å². The Labute approximate surface area is 73.6 Å². The molecule has 2 heteroatoms. The number of fused-ring (bicyclic) bond motifs is 2. The van der Waals surface area contributed by atoms with Crippen molar-refractivity contribution in [3.63, 3.8) is 0 Å². The van der Waals surface area contributed by atoms with Crippen molar-refractivity contribution in [1.29, 1.82) is 0 Å². The Balaban J connectivity index is 2.41. The summed E-state index contributed by atoms with van der Waals surface area (Å²) in [7, 11) is 0. The first-order chi connectivity index (χ1) is 5.39. The lowest BCUT2D eigenvalue weighted by Crippen LogP contribution is -2.36. The smallest absolute Gasteiger partial charge is 0.0603 e. The summed E-state index contributed by atoms with van der Waals surface area (Å²) in [6.07, 6.45) is 1.16. The minimum Gasteiger partial charge on any atom is -0.393 e. The maximum Gasteiger partial charge on any atom is 0.0603 e. The van der Waals surface area contributed by atoms with E-state index in [-0.39, 0.29) is 23.0 Å². The van der Waals surface area contributed by atoms with Gasteiger partial charge in [-0.05, 0) is 24.2 Å². The second-order valence-corrected chi connectivity index (χ2v) is 5.27. The Bertz CT molecular complexity index is 212. The van der Waals surface area contributed by atoms with Crippen molar-refractivity contribution < 1.29 is 10.2 Å². The highest BCUT2D eigenvalue weighted by Gasteiger charge is 2.64. The van der Waals surface area contributed by atoms with Crippen molar-refractivity contribution in [3.05, 3.63) is 0 Å². The molecule has 70 valence electrons. The number of aliphatic hydroxyl groups excluding tert-OH is 2. The van der Waals surface area contributed by atoms with Gasteiger partial charge in [0.2, 0.25) is 0 Å². The van der Waals surface area contributed by atoms with Crippen molar-refractivity contribution in [1.82, 2.24) is 0 Å². The van der Waals surface area contributed by atoms with E-state index in [0.717, 1.165) is 12.8 Å². The molecule has 2 saturated carbocycles. The lowest BCUT2D eigenvalue weighted by molar-refractivity contribution is -0.00727. The molecule has 2 rings (SSSR count). The predicted octanol–water partition coefficient (Wildman–Crippen LogP) is 1.16. The fraction of sp³-hybridized carbons (Fsp3) is 1.00. The van der Waals surface area contributed by atoms with Gasteiger partial charge in [0.1, 0.15) is 0 Å². The maximum absolute atomic E-state index is 9.82. The van der Waals surface area contributed by atoms with Gasteiger partial charge in [-0.2, -0.15) is 0 Å². The third kappa shape index (κ3) is 0.686. The lowest BCUT2D eigenvalue weighted by Gasteiger charge is -2.36. The van der Waals surface area contributed by atoms with Crippen molar-refractivity contribution in [2.75, 3.05) is 0 Å². The summed E-state index contributed by atoms with van der Waals surface area (Å²) in [5, 5.41) is 19.5. The first kappa shape index (κ1) is 8.52. The van der Waals surface area contributed by atoms with Crippen LogP contribution in [0.3, 0.4) is 0 Å². The molecule has 2 N–H and O–H groups in total. The molecule has 0 radical (unpaired) electrons. The summed E-state index contributed by atoms with van der Waals surface area (Å²) in [5.41, 5.74) is 0.0446. The van der Waals surface area contributed by atoms with Gasteiger partial charge in [0.15, 0.2) is 0 Å². The van der Waals surface area contributed by atoms with E-state index in [0.29, 0.717) is 5.92 Å². The van der Waals surface area contributed by atoms with E-state index in [2.05, 4.69) is 20.8 Å². The number of aliphatic hydroxyl groups is 2. The zero-order valence-corrected chi connectivity index (χ0v) is 8.04. The van der Waals surface area contributed by atoms with Crippen LogP contribution in [-0.4, -0.2) is 22.4 Å². The Morgan fingerprint density at radius 1 is 1.17 bits per heavy atom. The van der Waals surface area contributed by atoms with E-state index in [4.69, 9.17) is 0 Å². The minimum absolute atomic E-state index is 0.0584. The van der Waals surface area contributed by atoms with Crippen LogP contribution in [0.15, 0.2) is 0 Å². The van der Waals surface area contributed by atoms with Gasteiger partial charge in [0.25, 0.3) is 0 Å². The van der Waals surface area contributed by atoms with E-state index in [9.17, 15) is 10.2 Å². The van der Waals surface area contributed by atoms with E-state index >= 15 is 0 Å². The second kappa shape index (κ2) is 2.05. The minimum atomic E-state index is -0.208. The summed E-state index contributed by atoms with van der Waals surface area (Å²) in [5.74, 6) is 0.303. The topological polar surface area (TPSA) is 40.5 Å². The SMILES string of the molecule is CC1(C)C2CC(O)[C@@]1(C)CC2O. The Hall–Kier alpha value is -0.0800. The van der Waals surface area contributed by atoms with Crippen molar-refractivity contribution in [3.8, 4) is 0 Å². The van der Waals surface area contributed by atoms with Gasteiger partial charge in [-0.1, -0.05) is 20.8 Å². The Morgan fingerprint density at radius 3 is 2.00 bits per heavy atom. The van der Waals surface area contributed by atoms with E-state index in [1.54, 1.807) is 0 Å². The summed E-state index contributed by atoms with van der Waals surface area (Å²) in [4.78, 5) is 0. The van der Waals surface area contributed by atoms with Crippen LogP contribution < -0.4 is 0 Å². The van der Waals surface area contributed by atoms with Crippen LogP contribution in [0.5, 0.6) is 0 Å². The molecule has 3 unspecified atom stereocenters. The molecule has 4 atom stereocenters. The molecule has 2 nitrogen and oxygen atoms in total. The maximum atomic E-state index is 9.82. The first-order valence-electron chi connectivity index (χ1n) is 4.76. The van der Waals surface area contributed by atoms with Crippen molar-refractivity contribution in [2.45, 2.75) is 45.8 Å². The van der Waals surface area contributed by atoms with Crippen molar-refractivity contribution >= 4 is 0 Å². The standard InChI is InChI=1S/C10H18O2/c1-9(2)6-4-8(12)10(9,3)5-7(6)11/h6-8,11-12H,4-5H2,1-3H3/t6?,7?,8?,10-/m1/s1. The highest BCUT2D eigenvalue weighted by molar-refractivity contribution is 5.13. The van der Waals surface area contributed by atoms with Gasteiger partial charge in [-0.25, -0.2) is 0 Å². The van der Waals surface area contributed by atoms with Gasteiger partial charge in [0, 0.05) is 5.41 Å². The molecule has 0 aromatic rings. The molecule has 12 heavy (non-hydrogen) atoms. The van der Waals surface area contributed by atoms with Crippen LogP contribution in [0, 0.1) is 16.7 Å². The second-order valence-electron chi connectivity index (χ2n) is 5.27. The third-order valence-electron chi connectivity index (χ3n) is 4.71. The summed E-state index contributed by atoms with van der Waals surface area (Å²) in [6.45, 7) is 6.45. The van der Waals surface area contributed by atoms with Gasteiger partial charge in [0.05, 0.1) is 12.2 Å². The lowest BCUT2D eigenvalue weighted by atomic mass is 9.70. The predicted molar refractivity (Wildman–Crippen MR) is 46.6 cm³/mol. The average molecular weight is 170 g/mol. The highest BCUT2D eigenvalue weighted by Crippen LogP contribution is 2.65. The van der Waals surface area contributed by atoms with Crippen LogP contribution in [0.2, 0.25) is 0 Å². The van der Waals surface area contributed by atoms with Gasteiger partial charge >= 0.3 is 0 Å². The van der Waals surface area contributed by atoms with Crippen LogP contribution in [0.25, 0.3) is 0 Å². The molecular weight excluding hydrogens is 152 g/mol. The van der Waals surface area contributed by atoms with E-state index in [1.807, 2.05) is 0 Å². The van der Waals surface area contributed by atoms with E-state index < -0.39 is 0 Å². The first-order valence-corrected chi connectivity index (χ1v) is 4.76. The molecular formula is C10H18O2. The van der Waals surface area contributed by atoms with E-state index in [1.165, 1.54) is 0 Å². The van der Waals surface area contributed by atoms with Crippen LogP contribution in [0.1, 0.15) is 33.6 Å². The summed E-state index contributed by atoms with van der Waals surface area (Å²) in [6, 6.07) is 0. The van der Waals surface area contributed by atoms with Crippen molar-refractivity contribution in [2.24, 2.45) is 16.7 Å². The molecule has 0 aromatic carbocycles. The molecule has 0 aromatic heterocycles. The molecule has 0 heterocycles. The Morgan fingerprint density at radius 2 is 1.75 bits per heavy atom. The molecule has 0 aliphatic heterocycles. The molecule has 2 aliphatic rings. The molecule has 0 saturated heterocycles. The molecule has 0 spiro atoms. The molecule has 2 fully saturated rings. The zero-order chi connectivity index (χ0) is 9.15. The molecule has 2 bridgehead atoms. The van der Waals surface area contributed by atoms with Crippen LogP contribution in [0.4, 0.5) is 0 Å². The highest BCUT2D eigenvalue weighted by atomic mass is 16.3. The quantitative estimate of drug-likeness (QED) is 0.573. The number of rotatable bonds is 0. The van der Waals surface area contributed by atoms with Gasteiger partial charge < -0.3 is 10.2 Å². The van der Waals surface area contributed by atoms with Crippen LogP contribution in [-0.2, 0) is 0 Å². The average Bonchev–Trinajstić information content (AvgIpc) is 2.18. The number of hydrogen-bond acceptors (Lipinski definition) is 2. The number of hydrogen-bond donors (Lipinski definition) is 2. The molecule has 0 amide bonds. The Kier molecular flexibility index (Phi) is 1.45. The monoisotopic (exact) mass is 170 g/mol. The fourth-order valence-corrected chi connectivity index (χ4v) is 3.26. The van der Waals surface area contributed by atoms with Gasteiger partial charge in [-0.15, -0.1) is 0 Å². The van der Waals surface area contributed by atoms with Gasteiger partial charge in [-0.3, -0.25) is 0 Å². The third-order valence-corrected chi connectivity index (χ3v) is 4.71. The summed E-state index contributed by atoms with van der Waals surface area (Å²) < 4.78 is 0. The normalized spacial score (nSPS) is 56.2. The largest absolute Gasteiger partial charge is 0.393 e. The summed E-state index contributed by atoms with van der Waals surface area (Å²) >= 11 is 0. The molecule has 2 aliphatic carbocycles. The fourth-order valence-electron chi connectivity index (χ4n) is 3.26.